The molecular formula is C26H38N2O4. The first kappa shape index (κ1) is 24.1. The van der Waals surface area contributed by atoms with Crippen molar-refractivity contribution in [1.82, 2.24) is 9.80 Å². The molecule has 2 heterocycles. The van der Waals surface area contributed by atoms with E-state index in [0.29, 0.717) is 38.0 Å². The average molecular weight is 443 g/mol. The molecule has 1 aromatic carbocycles. The lowest BCUT2D eigenvalue weighted by molar-refractivity contribution is -0.140. The van der Waals surface area contributed by atoms with Crippen LogP contribution in [0.1, 0.15) is 58.4 Å². The fraction of sp³-hybridized carbons (Fsp3) is 0.615. The number of nitrogens with zero attached hydrogens (tertiary/aromatic N) is 2. The van der Waals surface area contributed by atoms with Crippen molar-refractivity contribution >= 4 is 17.9 Å². The van der Waals surface area contributed by atoms with Crippen molar-refractivity contribution < 1.29 is 19.1 Å². The number of likely N-dealkylation sites (tertiary alicyclic amines) is 2. The third-order valence-electron chi connectivity index (χ3n) is 6.27. The molecule has 0 bridgehead atoms. The molecule has 0 aromatic heterocycles. The van der Waals surface area contributed by atoms with Gasteiger partial charge in [-0.15, -0.1) is 0 Å². The Labute approximate surface area is 192 Å². The number of carbonyl (C=O) groups excluding carboxylic acids is 2. The molecule has 1 atom stereocenters. The number of rotatable bonds is 8. The van der Waals surface area contributed by atoms with Gasteiger partial charge in [-0.05, 0) is 68.7 Å². The summed E-state index contributed by atoms with van der Waals surface area (Å²) in [6, 6.07) is 5.73. The first-order valence-electron chi connectivity index (χ1n) is 12.2. The summed E-state index contributed by atoms with van der Waals surface area (Å²) in [7, 11) is 0. The Morgan fingerprint density at radius 1 is 1.03 bits per heavy atom. The van der Waals surface area contributed by atoms with E-state index in [1.807, 2.05) is 41.0 Å². The van der Waals surface area contributed by atoms with E-state index >= 15 is 0 Å². The Morgan fingerprint density at radius 3 is 2.50 bits per heavy atom. The molecule has 6 heteroatoms. The van der Waals surface area contributed by atoms with E-state index in [4.69, 9.17) is 9.47 Å². The number of hydrogen-bond acceptors (Lipinski definition) is 4. The van der Waals surface area contributed by atoms with Gasteiger partial charge in [0.15, 0.2) is 11.5 Å². The van der Waals surface area contributed by atoms with Gasteiger partial charge < -0.3 is 19.3 Å². The van der Waals surface area contributed by atoms with Gasteiger partial charge in [0.1, 0.15) is 0 Å². The summed E-state index contributed by atoms with van der Waals surface area (Å²) in [4.78, 5) is 29.4. The van der Waals surface area contributed by atoms with Crippen LogP contribution in [0.5, 0.6) is 11.5 Å². The topological polar surface area (TPSA) is 59.1 Å². The molecule has 2 saturated heterocycles. The number of benzene rings is 1. The van der Waals surface area contributed by atoms with Crippen molar-refractivity contribution in [3.05, 3.63) is 29.8 Å². The monoisotopic (exact) mass is 442 g/mol. The smallest absolute Gasteiger partial charge is 0.246 e. The molecule has 0 spiro atoms. The quantitative estimate of drug-likeness (QED) is 0.561. The number of piperidine rings is 2. The van der Waals surface area contributed by atoms with Gasteiger partial charge in [0, 0.05) is 38.2 Å². The molecule has 2 aliphatic rings. The van der Waals surface area contributed by atoms with E-state index in [1.54, 1.807) is 6.08 Å². The normalized spacial score (nSPS) is 19.9. The summed E-state index contributed by atoms with van der Waals surface area (Å²) < 4.78 is 11.4. The Kier molecular flexibility index (Phi) is 9.00. The zero-order valence-corrected chi connectivity index (χ0v) is 19.8. The van der Waals surface area contributed by atoms with E-state index in [9.17, 15) is 9.59 Å². The highest BCUT2D eigenvalue weighted by molar-refractivity contribution is 5.92. The maximum absolute atomic E-state index is 12.9. The Bertz CT molecular complexity index is 799. The van der Waals surface area contributed by atoms with E-state index in [-0.39, 0.29) is 17.7 Å². The molecule has 0 N–H and O–H groups in total. The second-order valence-corrected chi connectivity index (χ2v) is 8.95. The Hall–Kier alpha value is -2.50. The summed E-state index contributed by atoms with van der Waals surface area (Å²) in [5.74, 6) is 2.35. The molecule has 0 aliphatic carbocycles. The number of hydrogen-bond donors (Lipinski definition) is 0. The molecular weight excluding hydrogens is 404 g/mol. The van der Waals surface area contributed by atoms with Crippen LogP contribution in [-0.2, 0) is 9.59 Å². The van der Waals surface area contributed by atoms with Crippen LogP contribution in [-0.4, -0.2) is 61.0 Å². The molecule has 2 aliphatic heterocycles. The van der Waals surface area contributed by atoms with Crippen molar-refractivity contribution in [1.29, 1.82) is 0 Å². The number of amides is 2. The molecule has 0 saturated carbocycles. The molecule has 1 unspecified atom stereocenters. The Balaban J connectivity index is 1.53. The fourth-order valence-electron chi connectivity index (χ4n) is 4.50. The predicted octanol–water partition coefficient (Wildman–Crippen LogP) is 4.38. The number of ether oxygens (including phenoxy) is 2. The van der Waals surface area contributed by atoms with Gasteiger partial charge in [0.05, 0.1) is 13.2 Å². The molecule has 0 radical (unpaired) electrons. The van der Waals surface area contributed by atoms with Crippen molar-refractivity contribution in [3.63, 3.8) is 0 Å². The van der Waals surface area contributed by atoms with Crippen molar-refractivity contribution in [2.75, 3.05) is 39.4 Å². The summed E-state index contributed by atoms with van der Waals surface area (Å²) in [6.07, 6.45) is 8.19. The minimum atomic E-state index is -0.00763. The predicted molar refractivity (Wildman–Crippen MR) is 127 cm³/mol. The first-order chi connectivity index (χ1) is 15.5. The van der Waals surface area contributed by atoms with Gasteiger partial charge in [0.25, 0.3) is 0 Å². The van der Waals surface area contributed by atoms with Gasteiger partial charge in [-0.3, -0.25) is 9.59 Å². The lowest BCUT2D eigenvalue weighted by Crippen LogP contribution is -2.46. The maximum atomic E-state index is 12.9. The Morgan fingerprint density at radius 2 is 1.81 bits per heavy atom. The molecule has 6 nitrogen and oxygen atoms in total. The summed E-state index contributed by atoms with van der Waals surface area (Å²) >= 11 is 0. The van der Waals surface area contributed by atoms with Gasteiger partial charge in [-0.1, -0.05) is 19.9 Å². The molecule has 3 rings (SSSR count). The third-order valence-corrected chi connectivity index (χ3v) is 6.27. The molecule has 32 heavy (non-hydrogen) atoms. The van der Waals surface area contributed by atoms with Crippen LogP contribution in [0.25, 0.3) is 6.08 Å². The van der Waals surface area contributed by atoms with Crippen molar-refractivity contribution in [2.24, 2.45) is 11.8 Å². The van der Waals surface area contributed by atoms with Crippen LogP contribution in [0.2, 0.25) is 0 Å². The molecule has 1 aromatic rings. The second kappa shape index (κ2) is 11.9. The maximum Gasteiger partial charge on any atom is 0.246 e. The summed E-state index contributed by atoms with van der Waals surface area (Å²) in [5.41, 5.74) is 0.898. The van der Waals surface area contributed by atoms with Crippen LogP contribution in [0, 0.1) is 11.8 Å². The minimum absolute atomic E-state index is 0.00763. The third kappa shape index (κ3) is 6.50. The molecule has 2 amide bonds. The fourth-order valence-corrected chi connectivity index (χ4v) is 4.50. The zero-order chi connectivity index (χ0) is 22.9. The first-order valence-corrected chi connectivity index (χ1v) is 12.2. The minimum Gasteiger partial charge on any atom is -0.490 e. The van der Waals surface area contributed by atoms with E-state index in [0.717, 1.165) is 50.1 Å². The van der Waals surface area contributed by atoms with Crippen molar-refractivity contribution in [3.8, 4) is 11.5 Å². The van der Waals surface area contributed by atoms with E-state index in [1.165, 1.54) is 6.42 Å². The zero-order valence-electron chi connectivity index (χ0n) is 19.8. The van der Waals surface area contributed by atoms with Crippen LogP contribution in [0.4, 0.5) is 0 Å². The van der Waals surface area contributed by atoms with Gasteiger partial charge in [0.2, 0.25) is 11.8 Å². The summed E-state index contributed by atoms with van der Waals surface area (Å²) in [6.45, 7) is 10.5. The van der Waals surface area contributed by atoms with Crippen LogP contribution in [0.15, 0.2) is 24.3 Å². The average Bonchev–Trinajstić information content (AvgIpc) is 2.81. The van der Waals surface area contributed by atoms with Crippen LogP contribution < -0.4 is 9.47 Å². The van der Waals surface area contributed by atoms with Gasteiger partial charge in [-0.2, -0.15) is 0 Å². The van der Waals surface area contributed by atoms with E-state index < -0.39 is 0 Å². The second-order valence-electron chi connectivity index (χ2n) is 8.95. The highest BCUT2D eigenvalue weighted by atomic mass is 16.5. The van der Waals surface area contributed by atoms with E-state index in [2.05, 4.69) is 13.8 Å². The largest absolute Gasteiger partial charge is 0.490 e. The standard InChI is InChI=1S/C26H38N2O4/c1-4-17-32-23-10-8-21(18-24(23)31-5-2)9-11-25(29)27-15-12-22(13-16-27)26(30)28-14-6-7-20(3)19-28/h8-11,18,20,22H,4-7,12-17,19H2,1-3H3/b11-9+. The summed E-state index contributed by atoms with van der Waals surface area (Å²) in [5, 5.41) is 0. The molecule has 2 fully saturated rings. The highest BCUT2D eigenvalue weighted by Gasteiger charge is 2.31. The lowest BCUT2D eigenvalue weighted by Gasteiger charge is -2.37. The van der Waals surface area contributed by atoms with Gasteiger partial charge in [-0.25, -0.2) is 0 Å². The number of carbonyl (C=O) groups is 2. The van der Waals surface area contributed by atoms with Crippen LogP contribution >= 0.6 is 0 Å². The van der Waals surface area contributed by atoms with Crippen LogP contribution in [0.3, 0.4) is 0 Å². The van der Waals surface area contributed by atoms with Gasteiger partial charge >= 0.3 is 0 Å². The molecule has 176 valence electrons. The van der Waals surface area contributed by atoms with Crippen molar-refractivity contribution in [2.45, 2.75) is 52.9 Å². The SMILES string of the molecule is CCCOc1ccc(/C=C/C(=O)N2CCC(C(=O)N3CCCC(C)C3)CC2)cc1OCC. The highest BCUT2D eigenvalue weighted by Crippen LogP contribution is 2.29. The lowest BCUT2D eigenvalue weighted by atomic mass is 9.92.